The maximum atomic E-state index is 13.0. The van der Waals surface area contributed by atoms with Gasteiger partial charge in [0.15, 0.2) is 5.82 Å². The highest BCUT2D eigenvalue weighted by Gasteiger charge is 2.06. The van der Waals surface area contributed by atoms with E-state index in [0.29, 0.717) is 19.5 Å². The Morgan fingerprint density at radius 2 is 2.24 bits per heavy atom. The van der Waals surface area contributed by atoms with Crippen LogP contribution in [0.5, 0.6) is 0 Å². The number of benzene rings is 1. The molecular weight excluding hydrogens is 221 g/mol. The summed E-state index contributed by atoms with van der Waals surface area (Å²) in [5.41, 5.74) is 6.29. The van der Waals surface area contributed by atoms with Gasteiger partial charge in [-0.15, -0.1) is 5.10 Å². The highest BCUT2D eigenvalue weighted by molar-refractivity contribution is 5.19. The molecule has 2 rings (SSSR count). The van der Waals surface area contributed by atoms with Crippen LogP contribution in [-0.4, -0.2) is 26.8 Å². The lowest BCUT2D eigenvalue weighted by molar-refractivity contribution is 0.546. The largest absolute Gasteiger partial charge is 0.330 e. The third kappa shape index (κ3) is 3.07. The number of nitrogens with zero attached hydrogens (tertiary/aromatic N) is 4. The normalized spacial score (nSPS) is 10.7. The van der Waals surface area contributed by atoms with Gasteiger partial charge in [-0.3, -0.25) is 0 Å². The summed E-state index contributed by atoms with van der Waals surface area (Å²) in [6.45, 7) is 1.29. The van der Waals surface area contributed by atoms with Crippen molar-refractivity contribution in [2.24, 2.45) is 5.73 Å². The third-order valence-electron chi connectivity index (χ3n) is 2.43. The molecule has 2 N–H and O–H groups in total. The van der Waals surface area contributed by atoms with Crippen LogP contribution < -0.4 is 5.73 Å². The van der Waals surface area contributed by atoms with Crippen molar-refractivity contribution in [1.82, 2.24) is 20.2 Å². The number of aryl methyl sites for hydroxylation is 1. The molecule has 0 aliphatic heterocycles. The van der Waals surface area contributed by atoms with Gasteiger partial charge in [0.1, 0.15) is 5.82 Å². The van der Waals surface area contributed by atoms with Crippen LogP contribution in [0.2, 0.25) is 0 Å². The molecule has 1 aromatic carbocycles. The third-order valence-corrected chi connectivity index (χ3v) is 2.43. The van der Waals surface area contributed by atoms with Gasteiger partial charge in [0, 0.05) is 13.0 Å². The smallest absolute Gasteiger partial charge is 0.155 e. The number of aromatic nitrogens is 4. The maximum Gasteiger partial charge on any atom is 0.155 e. The van der Waals surface area contributed by atoms with E-state index in [4.69, 9.17) is 5.73 Å². The molecule has 0 aliphatic carbocycles. The zero-order valence-electron chi connectivity index (χ0n) is 9.38. The van der Waals surface area contributed by atoms with Crippen LogP contribution in [0.4, 0.5) is 4.39 Å². The summed E-state index contributed by atoms with van der Waals surface area (Å²) >= 11 is 0. The molecule has 0 amide bonds. The SMILES string of the molecule is NCCCn1nnnc1Cc1cccc(F)c1. The molecule has 6 heteroatoms. The average Bonchev–Trinajstić information content (AvgIpc) is 2.74. The van der Waals surface area contributed by atoms with Crippen LogP contribution in [0.25, 0.3) is 0 Å². The predicted octanol–water partition coefficient (Wildman–Crippen LogP) is 0.752. The van der Waals surface area contributed by atoms with Gasteiger partial charge in [-0.05, 0) is 41.1 Å². The molecule has 5 nitrogen and oxygen atoms in total. The highest BCUT2D eigenvalue weighted by atomic mass is 19.1. The Labute approximate surface area is 98.4 Å². The summed E-state index contributed by atoms with van der Waals surface area (Å²) in [6.07, 6.45) is 1.34. The van der Waals surface area contributed by atoms with Gasteiger partial charge in [0.05, 0.1) is 0 Å². The minimum atomic E-state index is -0.247. The van der Waals surface area contributed by atoms with Gasteiger partial charge in [0.25, 0.3) is 0 Å². The molecule has 0 bridgehead atoms. The summed E-state index contributed by atoms with van der Waals surface area (Å²) in [5, 5.41) is 11.4. The minimum Gasteiger partial charge on any atom is -0.330 e. The second-order valence-electron chi connectivity index (χ2n) is 3.77. The molecule has 1 heterocycles. The molecule has 90 valence electrons. The summed E-state index contributed by atoms with van der Waals surface area (Å²) in [4.78, 5) is 0. The van der Waals surface area contributed by atoms with E-state index in [1.807, 2.05) is 6.07 Å². The zero-order valence-corrected chi connectivity index (χ0v) is 9.38. The molecule has 1 aromatic heterocycles. The lowest BCUT2D eigenvalue weighted by atomic mass is 10.1. The molecule has 0 spiro atoms. The lowest BCUT2D eigenvalue weighted by Crippen LogP contribution is -2.10. The number of hydrogen-bond acceptors (Lipinski definition) is 4. The fourth-order valence-corrected chi connectivity index (χ4v) is 1.59. The van der Waals surface area contributed by atoms with Crippen LogP contribution in [0.3, 0.4) is 0 Å². The molecule has 0 saturated carbocycles. The molecule has 0 unspecified atom stereocenters. The molecule has 17 heavy (non-hydrogen) atoms. The standard InChI is InChI=1S/C11H14FN5/c12-10-4-1-3-9(7-10)8-11-14-15-16-17(11)6-2-5-13/h1,3-4,7H,2,5-6,8,13H2. The van der Waals surface area contributed by atoms with Crippen molar-refractivity contribution in [3.05, 3.63) is 41.5 Å². The Hall–Kier alpha value is -1.82. The van der Waals surface area contributed by atoms with Gasteiger partial charge < -0.3 is 5.73 Å². The summed E-state index contributed by atoms with van der Waals surface area (Å²) < 4.78 is 14.7. The first-order chi connectivity index (χ1) is 8.29. The maximum absolute atomic E-state index is 13.0. The highest BCUT2D eigenvalue weighted by Crippen LogP contribution is 2.08. The fraction of sp³-hybridized carbons (Fsp3) is 0.364. The first kappa shape index (κ1) is 11.7. The summed E-state index contributed by atoms with van der Waals surface area (Å²) in [7, 11) is 0. The summed E-state index contributed by atoms with van der Waals surface area (Å²) in [5.74, 6) is 0.479. The van der Waals surface area contributed by atoms with Gasteiger partial charge in [-0.1, -0.05) is 12.1 Å². The Morgan fingerprint density at radius 3 is 3.00 bits per heavy atom. The van der Waals surface area contributed by atoms with E-state index in [2.05, 4.69) is 15.5 Å². The molecule has 0 atom stereocenters. The Bertz CT molecular complexity index is 482. The van der Waals surface area contributed by atoms with E-state index in [1.165, 1.54) is 12.1 Å². The van der Waals surface area contributed by atoms with E-state index < -0.39 is 0 Å². The number of nitrogens with two attached hydrogens (primary N) is 1. The van der Waals surface area contributed by atoms with Crippen molar-refractivity contribution < 1.29 is 4.39 Å². The van der Waals surface area contributed by atoms with Crippen LogP contribution in [0.1, 0.15) is 17.8 Å². The minimum absolute atomic E-state index is 0.247. The van der Waals surface area contributed by atoms with Gasteiger partial charge >= 0.3 is 0 Å². The second kappa shape index (κ2) is 5.49. The number of halogens is 1. The number of rotatable bonds is 5. The van der Waals surface area contributed by atoms with E-state index in [9.17, 15) is 4.39 Å². The predicted molar refractivity (Wildman–Crippen MR) is 60.7 cm³/mol. The van der Waals surface area contributed by atoms with Crippen molar-refractivity contribution in [3.8, 4) is 0 Å². The topological polar surface area (TPSA) is 69.6 Å². The van der Waals surface area contributed by atoms with Crippen LogP contribution in [0.15, 0.2) is 24.3 Å². The first-order valence-corrected chi connectivity index (χ1v) is 5.49. The van der Waals surface area contributed by atoms with E-state index in [-0.39, 0.29) is 5.82 Å². The van der Waals surface area contributed by atoms with Crippen LogP contribution >= 0.6 is 0 Å². The van der Waals surface area contributed by atoms with Crippen molar-refractivity contribution in [2.45, 2.75) is 19.4 Å². The Kier molecular flexibility index (Phi) is 3.77. The molecular formula is C11H14FN5. The van der Waals surface area contributed by atoms with E-state index in [0.717, 1.165) is 17.8 Å². The van der Waals surface area contributed by atoms with Gasteiger partial charge in [-0.25, -0.2) is 9.07 Å². The average molecular weight is 235 g/mol. The second-order valence-corrected chi connectivity index (χ2v) is 3.77. The molecule has 2 aromatic rings. The fourth-order valence-electron chi connectivity index (χ4n) is 1.59. The van der Waals surface area contributed by atoms with E-state index in [1.54, 1.807) is 10.7 Å². The molecule has 0 fully saturated rings. The zero-order chi connectivity index (χ0) is 12.1. The van der Waals surface area contributed by atoms with E-state index >= 15 is 0 Å². The quantitative estimate of drug-likeness (QED) is 0.830. The Balaban J connectivity index is 2.10. The number of hydrogen-bond donors (Lipinski definition) is 1. The number of tetrazole rings is 1. The van der Waals surface area contributed by atoms with Crippen molar-refractivity contribution in [1.29, 1.82) is 0 Å². The monoisotopic (exact) mass is 235 g/mol. The summed E-state index contributed by atoms with van der Waals surface area (Å²) in [6, 6.07) is 6.44. The molecule has 0 radical (unpaired) electrons. The van der Waals surface area contributed by atoms with Gasteiger partial charge in [-0.2, -0.15) is 0 Å². The van der Waals surface area contributed by atoms with Crippen molar-refractivity contribution >= 4 is 0 Å². The molecule has 0 aliphatic rings. The Morgan fingerprint density at radius 1 is 1.35 bits per heavy atom. The van der Waals surface area contributed by atoms with Crippen molar-refractivity contribution in [3.63, 3.8) is 0 Å². The molecule has 0 saturated heterocycles. The lowest BCUT2D eigenvalue weighted by Gasteiger charge is -2.03. The van der Waals surface area contributed by atoms with Crippen LogP contribution in [-0.2, 0) is 13.0 Å². The van der Waals surface area contributed by atoms with Crippen LogP contribution in [0, 0.1) is 5.82 Å². The first-order valence-electron chi connectivity index (χ1n) is 5.49. The van der Waals surface area contributed by atoms with Gasteiger partial charge in [0.2, 0.25) is 0 Å². The van der Waals surface area contributed by atoms with Crippen molar-refractivity contribution in [2.75, 3.05) is 6.54 Å².